The van der Waals surface area contributed by atoms with Gasteiger partial charge in [-0.15, -0.1) is 0 Å². The van der Waals surface area contributed by atoms with Crippen LogP contribution in [0.3, 0.4) is 0 Å². The molecule has 1 aromatic rings. The Morgan fingerprint density at radius 1 is 1.25 bits per heavy atom. The Hall–Kier alpha value is -1.16. The van der Waals surface area contributed by atoms with E-state index in [0.29, 0.717) is 0 Å². The van der Waals surface area contributed by atoms with Crippen molar-refractivity contribution in [3.63, 3.8) is 0 Å². The molecule has 0 atom stereocenters. The van der Waals surface area contributed by atoms with Crippen molar-refractivity contribution in [1.29, 1.82) is 0 Å². The second-order valence-corrected chi connectivity index (χ2v) is 4.19. The SMILES string of the molecule is CC.CN1Cc2c(n3c(nc2=O)CCC3)C1. The van der Waals surface area contributed by atoms with Crippen molar-refractivity contribution in [3.05, 3.63) is 27.4 Å². The highest BCUT2D eigenvalue weighted by Gasteiger charge is 2.26. The molecule has 0 aliphatic carbocycles. The topological polar surface area (TPSA) is 38.1 Å². The third kappa shape index (κ3) is 1.67. The lowest BCUT2D eigenvalue weighted by atomic mass is 10.2. The third-order valence-corrected chi connectivity index (χ3v) is 3.10. The molecule has 0 radical (unpaired) electrons. The number of hydrogen-bond donors (Lipinski definition) is 0. The standard InChI is InChI=1S/C10H13N3O.C2H6/c1-12-5-7-8(6-12)13-4-2-3-9(13)11-10(7)14;1-2/h2-6H2,1H3;1-2H3. The number of rotatable bonds is 0. The van der Waals surface area contributed by atoms with Crippen molar-refractivity contribution >= 4 is 0 Å². The van der Waals surface area contributed by atoms with E-state index in [-0.39, 0.29) is 5.56 Å². The average Bonchev–Trinajstić information content (AvgIpc) is 2.86. The molecule has 4 heteroatoms. The molecule has 3 rings (SSSR count). The third-order valence-electron chi connectivity index (χ3n) is 3.10. The van der Waals surface area contributed by atoms with Crippen LogP contribution in [-0.2, 0) is 26.1 Å². The molecule has 0 unspecified atom stereocenters. The minimum Gasteiger partial charge on any atom is -0.332 e. The fourth-order valence-corrected chi connectivity index (χ4v) is 2.46. The van der Waals surface area contributed by atoms with Gasteiger partial charge >= 0.3 is 0 Å². The highest BCUT2D eigenvalue weighted by atomic mass is 16.1. The summed E-state index contributed by atoms with van der Waals surface area (Å²) in [5, 5.41) is 0. The molecule has 88 valence electrons. The summed E-state index contributed by atoms with van der Waals surface area (Å²) in [5.74, 6) is 0.990. The van der Waals surface area contributed by atoms with E-state index in [1.165, 1.54) is 5.69 Å². The van der Waals surface area contributed by atoms with Crippen LogP contribution in [-0.4, -0.2) is 21.5 Å². The molecule has 0 N–H and O–H groups in total. The largest absolute Gasteiger partial charge is 0.332 e. The van der Waals surface area contributed by atoms with Crippen molar-refractivity contribution < 1.29 is 0 Å². The first kappa shape index (κ1) is 11.3. The molecule has 0 saturated heterocycles. The number of hydrogen-bond acceptors (Lipinski definition) is 3. The summed E-state index contributed by atoms with van der Waals surface area (Å²) in [6.45, 7) is 6.71. The maximum Gasteiger partial charge on any atom is 0.277 e. The predicted molar refractivity (Wildman–Crippen MR) is 63.3 cm³/mol. The number of fused-ring (bicyclic) bond motifs is 3. The van der Waals surface area contributed by atoms with Crippen LogP contribution >= 0.6 is 0 Å². The van der Waals surface area contributed by atoms with Crippen LogP contribution in [0.2, 0.25) is 0 Å². The molecular formula is C12H19N3O. The maximum absolute atomic E-state index is 11.7. The molecule has 4 nitrogen and oxygen atoms in total. The van der Waals surface area contributed by atoms with Gasteiger partial charge in [-0.05, 0) is 13.5 Å². The van der Waals surface area contributed by atoms with Gasteiger partial charge in [-0.3, -0.25) is 9.69 Å². The number of nitrogens with zero attached hydrogens (tertiary/aromatic N) is 3. The van der Waals surface area contributed by atoms with E-state index in [1.807, 2.05) is 20.9 Å². The Balaban J connectivity index is 0.000000457. The lowest BCUT2D eigenvalue weighted by Crippen LogP contribution is -2.20. The molecule has 0 bridgehead atoms. The summed E-state index contributed by atoms with van der Waals surface area (Å²) in [4.78, 5) is 18.0. The molecular weight excluding hydrogens is 202 g/mol. The summed E-state index contributed by atoms with van der Waals surface area (Å²) in [6, 6.07) is 0. The van der Waals surface area contributed by atoms with Gasteiger partial charge in [0.15, 0.2) is 0 Å². The minimum absolute atomic E-state index is 0.00231. The van der Waals surface area contributed by atoms with E-state index < -0.39 is 0 Å². The van der Waals surface area contributed by atoms with Gasteiger partial charge in [-0.1, -0.05) is 13.8 Å². The predicted octanol–water partition coefficient (Wildman–Crippen LogP) is 1.16. The van der Waals surface area contributed by atoms with Crippen LogP contribution in [0.4, 0.5) is 0 Å². The molecule has 3 heterocycles. The molecule has 0 amide bonds. The molecule has 1 aromatic heterocycles. The van der Waals surface area contributed by atoms with Gasteiger partial charge in [-0.2, -0.15) is 4.98 Å². The lowest BCUT2D eigenvalue weighted by Gasteiger charge is -2.09. The van der Waals surface area contributed by atoms with E-state index in [4.69, 9.17) is 0 Å². The molecule has 2 aliphatic heterocycles. The van der Waals surface area contributed by atoms with E-state index in [0.717, 1.165) is 43.9 Å². The Bertz CT molecular complexity index is 450. The van der Waals surface area contributed by atoms with Gasteiger partial charge in [0.05, 0.1) is 5.56 Å². The fraction of sp³-hybridized carbons (Fsp3) is 0.667. The zero-order valence-corrected chi connectivity index (χ0v) is 10.3. The highest BCUT2D eigenvalue weighted by Crippen LogP contribution is 2.22. The summed E-state index contributed by atoms with van der Waals surface area (Å²) in [6.07, 6.45) is 2.10. The first-order chi connectivity index (χ1) is 7.75. The van der Waals surface area contributed by atoms with Gasteiger partial charge in [0.1, 0.15) is 5.82 Å². The van der Waals surface area contributed by atoms with Gasteiger partial charge < -0.3 is 4.57 Å². The fourth-order valence-electron chi connectivity index (χ4n) is 2.46. The Morgan fingerprint density at radius 2 is 2.00 bits per heavy atom. The molecule has 2 aliphatic rings. The lowest BCUT2D eigenvalue weighted by molar-refractivity contribution is 0.347. The second-order valence-electron chi connectivity index (χ2n) is 4.19. The number of aryl methyl sites for hydroxylation is 1. The van der Waals surface area contributed by atoms with Crippen LogP contribution in [0.15, 0.2) is 4.79 Å². The molecule has 0 spiro atoms. The Labute approximate surface area is 95.9 Å². The monoisotopic (exact) mass is 221 g/mol. The average molecular weight is 221 g/mol. The first-order valence-electron chi connectivity index (χ1n) is 6.06. The van der Waals surface area contributed by atoms with Crippen molar-refractivity contribution in [2.45, 2.75) is 46.3 Å². The number of aromatic nitrogens is 2. The van der Waals surface area contributed by atoms with Gasteiger partial charge in [0, 0.05) is 31.7 Å². The van der Waals surface area contributed by atoms with Crippen molar-refractivity contribution in [2.24, 2.45) is 0 Å². The van der Waals surface area contributed by atoms with Crippen LogP contribution in [0.1, 0.15) is 37.4 Å². The zero-order chi connectivity index (χ0) is 11.7. The maximum atomic E-state index is 11.7. The van der Waals surface area contributed by atoms with Crippen LogP contribution in [0.25, 0.3) is 0 Å². The first-order valence-corrected chi connectivity index (χ1v) is 6.06. The molecule has 0 fully saturated rings. The smallest absolute Gasteiger partial charge is 0.277 e. The summed E-state index contributed by atoms with van der Waals surface area (Å²) >= 11 is 0. The van der Waals surface area contributed by atoms with Crippen molar-refractivity contribution in [2.75, 3.05) is 7.05 Å². The Kier molecular flexibility index (Phi) is 3.10. The second kappa shape index (κ2) is 4.37. The highest BCUT2D eigenvalue weighted by molar-refractivity contribution is 5.24. The summed E-state index contributed by atoms with van der Waals surface area (Å²) in [7, 11) is 2.04. The zero-order valence-electron chi connectivity index (χ0n) is 10.3. The van der Waals surface area contributed by atoms with Crippen LogP contribution < -0.4 is 5.56 Å². The van der Waals surface area contributed by atoms with Crippen LogP contribution in [0.5, 0.6) is 0 Å². The van der Waals surface area contributed by atoms with Crippen molar-refractivity contribution in [3.8, 4) is 0 Å². The van der Waals surface area contributed by atoms with Gasteiger partial charge in [0.2, 0.25) is 0 Å². The van der Waals surface area contributed by atoms with E-state index in [2.05, 4.69) is 14.5 Å². The normalized spacial score (nSPS) is 17.7. The van der Waals surface area contributed by atoms with Gasteiger partial charge in [0.25, 0.3) is 5.56 Å². The van der Waals surface area contributed by atoms with E-state index in [1.54, 1.807) is 0 Å². The van der Waals surface area contributed by atoms with E-state index >= 15 is 0 Å². The molecule has 16 heavy (non-hydrogen) atoms. The van der Waals surface area contributed by atoms with Gasteiger partial charge in [-0.25, -0.2) is 0 Å². The van der Waals surface area contributed by atoms with E-state index in [9.17, 15) is 4.79 Å². The summed E-state index contributed by atoms with van der Waals surface area (Å²) in [5.41, 5.74) is 2.12. The molecule has 0 saturated carbocycles. The summed E-state index contributed by atoms with van der Waals surface area (Å²) < 4.78 is 2.24. The minimum atomic E-state index is -0.00231. The van der Waals surface area contributed by atoms with Crippen LogP contribution in [0, 0.1) is 0 Å². The molecule has 0 aromatic carbocycles. The van der Waals surface area contributed by atoms with Crippen molar-refractivity contribution in [1.82, 2.24) is 14.5 Å². The Morgan fingerprint density at radius 3 is 2.75 bits per heavy atom. The quantitative estimate of drug-likeness (QED) is 0.660.